The van der Waals surface area contributed by atoms with Crippen LogP contribution in [0.15, 0.2) is 48.4 Å². The van der Waals surface area contributed by atoms with Crippen LogP contribution in [0.5, 0.6) is 0 Å². The molecule has 0 bridgehead atoms. The van der Waals surface area contributed by atoms with Crippen molar-refractivity contribution in [1.29, 1.82) is 0 Å². The summed E-state index contributed by atoms with van der Waals surface area (Å²) in [5, 5.41) is 0. The Morgan fingerprint density at radius 2 is 0.977 bits per heavy atom. The van der Waals surface area contributed by atoms with Gasteiger partial charge in [-0.15, -0.1) is 0 Å². The van der Waals surface area contributed by atoms with E-state index in [1.54, 1.807) is 0 Å². The number of benzene rings is 1. The van der Waals surface area contributed by atoms with E-state index >= 15 is 0 Å². The molecule has 0 aliphatic carbocycles. The van der Waals surface area contributed by atoms with Gasteiger partial charge in [-0.1, -0.05) is 0 Å². The first-order valence-electron chi connectivity index (χ1n) is 14.8. The Morgan fingerprint density at radius 1 is 0.568 bits per heavy atom. The van der Waals surface area contributed by atoms with Gasteiger partial charge in [-0.25, -0.2) is 0 Å². The Kier molecular flexibility index (Phi) is 16.4. The van der Waals surface area contributed by atoms with Crippen LogP contribution in [0.25, 0.3) is 0 Å². The molecule has 0 fully saturated rings. The van der Waals surface area contributed by atoms with E-state index in [4.69, 9.17) is 22.8 Å². The van der Waals surface area contributed by atoms with Crippen molar-refractivity contribution in [3.8, 4) is 0 Å². The van der Waals surface area contributed by atoms with Crippen molar-refractivity contribution in [1.82, 2.24) is 32.7 Å². The molecule has 0 atom stereocenters. The summed E-state index contributed by atoms with van der Waals surface area (Å²) in [6.07, 6.45) is 0. The molecule has 0 saturated carbocycles. The van der Waals surface area contributed by atoms with Crippen LogP contribution >= 0.6 is 37.1 Å². The summed E-state index contributed by atoms with van der Waals surface area (Å²) in [5.41, 5.74) is 1.17. The van der Waals surface area contributed by atoms with E-state index in [0.29, 0.717) is 19.8 Å². The maximum atomic E-state index is 6.17. The minimum absolute atomic E-state index is 0.580. The van der Waals surface area contributed by atoms with Gasteiger partial charge in [0.25, 0.3) is 0 Å². The Balaban J connectivity index is 4.29. The van der Waals surface area contributed by atoms with Crippen LogP contribution in [-0.2, 0) is 11.3 Å². The van der Waals surface area contributed by atoms with Crippen LogP contribution in [0.1, 0.15) is 5.56 Å². The fourth-order valence-corrected chi connectivity index (χ4v) is 25.1. The van der Waals surface area contributed by atoms with Crippen molar-refractivity contribution in [3.63, 3.8) is 0 Å². The molecule has 17 heteroatoms. The second-order valence-corrected chi connectivity index (χ2v) is 31.5. The van der Waals surface area contributed by atoms with E-state index in [1.165, 1.54) is 5.56 Å². The summed E-state index contributed by atoms with van der Waals surface area (Å²) < 4.78 is 45.6. The third-order valence-corrected chi connectivity index (χ3v) is 27.7. The monoisotopic (exact) mass is 715 g/mol. The Hall–Kier alpha value is 0.250. The average Bonchev–Trinajstić information content (AvgIpc) is 2.88. The zero-order chi connectivity index (χ0) is 34.3. The van der Waals surface area contributed by atoms with Crippen LogP contribution in [0.2, 0.25) is 0 Å². The van der Waals surface area contributed by atoms with Gasteiger partial charge in [0.1, 0.15) is 0 Å². The minimum atomic E-state index is -3.51. The van der Waals surface area contributed by atoms with E-state index < -0.39 is 37.1 Å². The van der Waals surface area contributed by atoms with E-state index in [1.807, 2.05) is 18.2 Å². The second-order valence-electron chi connectivity index (χ2n) is 13.2. The summed E-state index contributed by atoms with van der Waals surface area (Å²) in [4.78, 5) is 0. The first kappa shape index (κ1) is 42.3. The summed E-state index contributed by atoms with van der Waals surface area (Å²) in [7, 11) is 15.4. The van der Waals surface area contributed by atoms with Crippen LogP contribution in [-0.4, -0.2) is 171 Å². The molecule has 0 aromatic heterocycles. The van der Waals surface area contributed by atoms with Gasteiger partial charge in [-0.3, -0.25) is 0 Å². The van der Waals surface area contributed by atoms with Gasteiger partial charge in [0.05, 0.1) is 0 Å². The van der Waals surface area contributed by atoms with Crippen LogP contribution in [0.3, 0.4) is 0 Å². The molecule has 44 heavy (non-hydrogen) atoms. The quantitative estimate of drug-likeness (QED) is 0.131. The molecule has 0 aliphatic heterocycles. The van der Waals surface area contributed by atoms with Gasteiger partial charge >= 0.3 is 273 Å². The molecule has 0 N–H and O–H groups in total. The molecule has 260 valence electrons. The van der Waals surface area contributed by atoms with E-state index in [2.05, 4.69) is 170 Å². The molecular weight excluding hydrogens is 649 g/mol. The third-order valence-electron chi connectivity index (χ3n) is 7.58. The number of nitrogens with zero attached hydrogens (tertiary/aromatic N) is 11. The molecule has 1 aromatic carbocycles. The Bertz CT molecular complexity index is 1190. The summed E-state index contributed by atoms with van der Waals surface area (Å²) in [6, 6.07) is 10.3. The van der Waals surface area contributed by atoms with Crippen LogP contribution in [0.4, 0.5) is 0 Å². The number of rotatable bonds is 16. The van der Waals surface area contributed by atoms with Crippen molar-refractivity contribution in [2.24, 2.45) is 18.1 Å². The van der Waals surface area contributed by atoms with Crippen molar-refractivity contribution < 1.29 is 4.74 Å². The molecule has 0 amide bonds. The summed E-state index contributed by atoms with van der Waals surface area (Å²) in [5.74, 6) is 0. The number of hydrogen-bond acceptors (Lipinski definition) is 5. The molecule has 12 nitrogen and oxygen atoms in total. The molecule has 0 heterocycles. The normalized spacial score (nSPS) is 14.5. The molecule has 1 rings (SSSR count). The number of likely N-dealkylation sites (N-methyl/N-ethyl adjacent to an activating group) is 1. The fourth-order valence-electron chi connectivity index (χ4n) is 4.60. The van der Waals surface area contributed by atoms with Gasteiger partial charge in [-0.05, 0) is 0 Å². The van der Waals surface area contributed by atoms with E-state index in [9.17, 15) is 0 Å². The van der Waals surface area contributed by atoms with Crippen molar-refractivity contribution >= 4 is 37.1 Å². The predicted molar refractivity (Wildman–Crippen MR) is 206 cm³/mol. The van der Waals surface area contributed by atoms with Crippen molar-refractivity contribution in [2.75, 3.05) is 138 Å². The average molecular weight is 716 g/mol. The zero-order valence-electron chi connectivity index (χ0n) is 31.1. The van der Waals surface area contributed by atoms with Crippen LogP contribution < -0.4 is 0 Å². The first-order chi connectivity index (χ1) is 20.0. The summed E-state index contributed by atoms with van der Waals surface area (Å²) >= 11 is 0. The topological polar surface area (TPSA) is 81.3 Å². The van der Waals surface area contributed by atoms with E-state index in [0.717, 1.165) is 0 Å². The van der Waals surface area contributed by atoms with Crippen LogP contribution in [0, 0.1) is 0 Å². The zero-order valence-corrected chi connectivity index (χ0v) is 35.7. The molecule has 0 saturated heterocycles. The molecular formula is C27H66N11OP5. The second kappa shape index (κ2) is 17.1. The van der Waals surface area contributed by atoms with Gasteiger partial charge in [0, 0.05) is 0 Å². The Labute approximate surface area is 272 Å². The molecule has 0 spiro atoms. The predicted octanol–water partition coefficient (Wildman–Crippen LogP) is 7.27. The standard InChI is InChI=1S/C27H66N11OP5/c1-32(2)41(17,33(3)4)29-43(28-40(14,15)16,30-42(18,34(5)6)35(7)8)31-44(36(9)10,37(11)12)38(13)24-25-39-26-27-22-20-19-21-23-27/h19-23,43H,24-26H2,1-18H3. The van der Waals surface area contributed by atoms with Gasteiger partial charge in [0.15, 0.2) is 0 Å². The van der Waals surface area contributed by atoms with E-state index in [-0.39, 0.29) is 0 Å². The van der Waals surface area contributed by atoms with Gasteiger partial charge in [-0.2, -0.15) is 0 Å². The molecule has 0 unspecified atom stereocenters. The molecule has 0 radical (unpaired) electrons. The van der Waals surface area contributed by atoms with Crippen molar-refractivity contribution in [3.05, 3.63) is 35.9 Å². The van der Waals surface area contributed by atoms with Crippen molar-refractivity contribution in [2.45, 2.75) is 6.61 Å². The molecule has 0 aliphatic rings. The third kappa shape index (κ3) is 10.9. The maximum absolute atomic E-state index is 6.17. The number of hydrogen-bond donors (Lipinski definition) is 0. The van der Waals surface area contributed by atoms with Gasteiger partial charge in [0.2, 0.25) is 0 Å². The Morgan fingerprint density at radius 3 is 1.32 bits per heavy atom. The molecule has 1 aromatic rings. The summed E-state index contributed by atoms with van der Waals surface area (Å²) in [6.45, 7) is 13.1. The first-order valence-corrected chi connectivity index (χ1v) is 25.5. The fraction of sp³-hybridized carbons (Fsp3) is 0.778. The van der Waals surface area contributed by atoms with Gasteiger partial charge < -0.3 is 0 Å². The SMILES string of the molecule is CN(C)P(C)(=N[PH](N=P(C)(C)C)(N=P(C)(N(C)C)N(C)C)N=P(N(C)C)(N(C)C)N(C)CCOCc1ccccc1)N(C)C. The number of ether oxygens (including phenoxy) is 1.